The van der Waals surface area contributed by atoms with Crippen molar-refractivity contribution in [2.24, 2.45) is 5.92 Å². The van der Waals surface area contributed by atoms with Gasteiger partial charge in [-0.15, -0.1) is 3.89 Å². The van der Waals surface area contributed by atoms with E-state index in [2.05, 4.69) is 5.32 Å². The summed E-state index contributed by atoms with van der Waals surface area (Å²) in [6, 6.07) is -0.738. The molecular weight excluding hydrogens is 297 g/mol. The molecule has 1 aliphatic carbocycles. The van der Waals surface area contributed by atoms with E-state index in [1.165, 1.54) is 6.42 Å². The first-order chi connectivity index (χ1) is 9.55. The summed E-state index contributed by atoms with van der Waals surface area (Å²) in [5.74, 6) is -0.358. The van der Waals surface area contributed by atoms with Gasteiger partial charge in [0.1, 0.15) is 11.4 Å². The van der Waals surface area contributed by atoms with E-state index in [-0.39, 0.29) is 0 Å². The van der Waals surface area contributed by atoms with Crippen LogP contribution >= 0.6 is 0 Å². The van der Waals surface area contributed by atoms with Gasteiger partial charge in [0, 0.05) is 6.04 Å². The third kappa shape index (κ3) is 8.90. The molecule has 7 heteroatoms. The Hall–Kier alpha value is -0.850. The fourth-order valence-corrected chi connectivity index (χ4v) is 3.41. The molecule has 5 nitrogen and oxygen atoms in total. The molecule has 1 unspecified atom stereocenters. The molecule has 1 aliphatic rings. The minimum Gasteiger partial charge on any atom is -0.444 e. The Bertz CT molecular complexity index is 438. The molecule has 0 aromatic carbocycles. The number of amides is 1. The predicted molar refractivity (Wildman–Crippen MR) is 79.2 cm³/mol. The van der Waals surface area contributed by atoms with Gasteiger partial charge in [-0.05, 0) is 33.1 Å². The van der Waals surface area contributed by atoms with Gasteiger partial charge < -0.3 is 10.1 Å². The Balaban J connectivity index is 2.61. The first-order valence-electron chi connectivity index (χ1n) is 7.47. The maximum Gasteiger partial charge on any atom is 0.407 e. The van der Waals surface area contributed by atoms with Crippen LogP contribution in [0.3, 0.4) is 0 Å². The second-order valence-corrected chi connectivity index (χ2v) is 8.20. The molecule has 1 atom stereocenters. The summed E-state index contributed by atoms with van der Waals surface area (Å²) in [7, 11) is -4.63. The second kappa shape index (κ2) is 7.42. The minimum atomic E-state index is -4.63. The molecule has 124 valence electrons. The maximum absolute atomic E-state index is 13.0. The van der Waals surface area contributed by atoms with Crippen molar-refractivity contribution in [1.82, 2.24) is 5.32 Å². The summed E-state index contributed by atoms with van der Waals surface area (Å²) >= 11 is 0. The topological polar surface area (TPSA) is 72.5 Å². The number of hydrogen-bond donors (Lipinski definition) is 1. The van der Waals surface area contributed by atoms with E-state index >= 15 is 0 Å². The zero-order valence-corrected chi connectivity index (χ0v) is 13.8. The van der Waals surface area contributed by atoms with Crippen LogP contribution in [-0.2, 0) is 15.0 Å². The molecule has 1 amide bonds. The van der Waals surface area contributed by atoms with E-state index < -0.39 is 33.7 Å². The number of carbonyl (C=O) groups is 1. The number of halogens is 1. The van der Waals surface area contributed by atoms with Crippen molar-refractivity contribution in [3.8, 4) is 0 Å². The highest BCUT2D eigenvalue weighted by Crippen LogP contribution is 2.27. The van der Waals surface area contributed by atoms with E-state index in [4.69, 9.17) is 4.74 Å². The number of hydrogen-bond acceptors (Lipinski definition) is 4. The molecule has 0 radical (unpaired) electrons. The number of carbonyl (C=O) groups excluding carboxylic acids is 1. The van der Waals surface area contributed by atoms with Crippen LogP contribution in [0.1, 0.15) is 59.3 Å². The molecule has 0 bridgehead atoms. The maximum atomic E-state index is 13.0. The zero-order chi connectivity index (χ0) is 16.1. The molecule has 1 N–H and O–H groups in total. The lowest BCUT2D eigenvalue weighted by molar-refractivity contribution is 0.0501. The SMILES string of the molecule is CC(C)(C)OC(=O)NC(CC1CCCCC1)CS(=O)(=O)F. The number of rotatable bonds is 5. The average Bonchev–Trinajstić information content (AvgIpc) is 2.24. The minimum absolute atomic E-state index is 0.334. The highest BCUT2D eigenvalue weighted by molar-refractivity contribution is 7.86. The van der Waals surface area contributed by atoms with E-state index in [1.54, 1.807) is 20.8 Å². The van der Waals surface area contributed by atoms with Gasteiger partial charge in [-0.3, -0.25) is 0 Å². The second-order valence-electron chi connectivity index (χ2n) is 6.79. The number of nitrogens with one attached hydrogen (secondary N) is 1. The van der Waals surface area contributed by atoms with Crippen LogP contribution in [0.2, 0.25) is 0 Å². The molecule has 21 heavy (non-hydrogen) atoms. The fraction of sp³-hybridized carbons (Fsp3) is 0.929. The highest BCUT2D eigenvalue weighted by Gasteiger charge is 2.27. The summed E-state index contributed by atoms with van der Waals surface area (Å²) in [5, 5.41) is 2.50. The van der Waals surface area contributed by atoms with Crippen LogP contribution in [-0.4, -0.2) is 31.9 Å². The van der Waals surface area contributed by atoms with Crippen LogP contribution in [0.25, 0.3) is 0 Å². The standard InChI is InChI=1S/C14H26FNO4S/c1-14(2,3)20-13(17)16-12(10-21(15,18)19)9-11-7-5-4-6-8-11/h11-12H,4-10H2,1-3H3,(H,16,17). The van der Waals surface area contributed by atoms with Gasteiger partial charge in [-0.1, -0.05) is 32.1 Å². The lowest BCUT2D eigenvalue weighted by Crippen LogP contribution is -2.43. The summed E-state index contributed by atoms with van der Waals surface area (Å²) in [6.07, 6.45) is 5.16. The van der Waals surface area contributed by atoms with Crippen LogP contribution in [0.4, 0.5) is 8.68 Å². The van der Waals surface area contributed by atoms with Crippen molar-refractivity contribution in [2.45, 2.75) is 70.9 Å². The van der Waals surface area contributed by atoms with Crippen molar-refractivity contribution in [3.05, 3.63) is 0 Å². The first kappa shape index (κ1) is 18.2. The molecule has 1 saturated carbocycles. The van der Waals surface area contributed by atoms with Gasteiger partial charge >= 0.3 is 16.3 Å². The molecule has 0 aliphatic heterocycles. The van der Waals surface area contributed by atoms with Crippen LogP contribution in [0.5, 0.6) is 0 Å². The van der Waals surface area contributed by atoms with Gasteiger partial charge in [-0.2, -0.15) is 8.42 Å². The van der Waals surface area contributed by atoms with Gasteiger partial charge in [0.25, 0.3) is 0 Å². The lowest BCUT2D eigenvalue weighted by atomic mass is 9.85. The molecule has 0 aromatic heterocycles. The molecule has 0 heterocycles. The van der Waals surface area contributed by atoms with Crippen molar-refractivity contribution < 1.29 is 21.8 Å². The van der Waals surface area contributed by atoms with Gasteiger partial charge in [-0.25, -0.2) is 4.79 Å². The smallest absolute Gasteiger partial charge is 0.407 e. The lowest BCUT2D eigenvalue weighted by Gasteiger charge is -2.27. The van der Waals surface area contributed by atoms with E-state index in [0.29, 0.717) is 12.3 Å². The number of ether oxygens (including phenoxy) is 1. The molecule has 0 spiro atoms. The summed E-state index contributed by atoms with van der Waals surface area (Å²) in [4.78, 5) is 11.7. The van der Waals surface area contributed by atoms with Crippen molar-refractivity contribution in [1.29, 1.82) is 0 Å². The third-order valence-electron chi connectivity index (χ3n) is 3.46. The van der Waals surface area contributed by atoms with Crippen molar-refractivity contribution >= 4 is 16.3 Å². The average molecular weight is 323 g/mol. The van der Waals surface area contributed by atoms with Crippen molar-refractivity contribution in [3.63, 3.8) is 0 Å². The van der Waals surface area contributed by atoms with Gasteiger partial charge in [0.2, 0.25) is 0 Å². The normalized spacial score (nSPS) is 19.0. The Morgan fingerprint density at radius 3 is 2.33 bits per heavy atom. The largest absolute Gasteiger partial charge is 0.444 e. The van der Waals surface area contributed by atoms with E-state index in [9.17, 15) is 17.1 Å². The highest BCUT2D eigenvalue weighted by atomic mass is 32.3. The van der Waals surface area contributed by atoms with Gasteiger partial charge in [0.15, 0.2) is 0 Å². The van der Waals surface area contributed by atoms with E-state index in [0.717, 1.165) is 25.7 Å². The molecule has 0 saturated heterocycles. The van der Waals surface area contributed by atoms with Crippen LogP contribution in [0, 0.1) is 5.92 Å². The molecule has 1 rings (SSSR count). The summed E-state index contributed by atoms with van der Waals surface area (Å²) < 4.78 is 39.8. The van der Waals surface area contributed by atoms with Crippen LogP contribution < -0.4 is 5.32 Å². The molecule has 0 aromatic rings. The van der Waals surface area contributed by atoms with Crippen LogP contribution in [0.15, 0.2) is 0 Å². The predicted octanol–water partition coefficient (Wildman–Crippen LogP) is 3.15. The Kier molecular flexibility index (Phi) is 6.43. The fourth-order valence-electron chi connectivity index (χ4n) is 2.71. The Morgan fingerprint density at radius 2 is 1.86 bits per heavy atom. The Morgan fingerprint density at radius 1 is 1.29 bits per heavy atom. The Labute approximate surface area is 126 Å². The van der Waals surface area contributed by atoms with E-state index in [1.807, 2.05) is 0 Å². The zero-order valence-electron chi connectivity index (χ0n) is 13.0. The molecule has 1 fully saturated rings. The quantitative estimate of drug-likeness (QED) is 0.789. The molecular formula is C14H26FNO4S. The van der Waals surface area contributed by atoms with Crippen molar-refractivity contribution in [2.75, 3.05) is 5.75 Å². The van der Waals surface area contributed by atoms with Gasteiger partial charge in [0.05, 0.1) is 0 Å². The number of alkyl carbamates (subject to hydrolysis) is 1. The summed E-state index contributed by atoms with van der Waals surface area (Å²) in [6.45, 7) is 5.15. The summed E-state index contributed by atoms with van der Waals surface area (Å²) in [5.41, 5.74) is -0.673. The first-order valence-corrected chi connectivity index (χ1v) is 9.02. The monoisotopic (exact) mass is 323 g/mol. The third-order valence-corrected chi connectivity index (χ3v) is 4.26.